The van der Waals surface area contributed by atoms with E-state index < -0.39 is 23.1 Å². The number of rotatable bonds is 10. The normalized spacial score (nSPS) is 20.0. The summed E-state index contributed by atoms with van der Waals surface area (Å²) in [6.45, 7) is 3.27. The molecule has 2 fully saturated rings. The summed E-state index contributed by atoms with van der Waals surface area (Å²) < 4.78 is 21.5. The Kier molecular flexibility index (Phi) is 8.35. The van der Waals surface area contributed by atoms with Crippen LogP contribution in [0.2, 0.25) is 0 Å². The molecule has 3 aromatic carbocycles. The maximum atomic E-state index is 15.5. The van der Waals surface area contributed by atoms with E-state index in [2.05, 4.69) is 10.2 Å². The number of carbonyl (C=O) groups is 2. The number of pyridine rings is 1. The van der Waals surface area contributed by atoms with Crippen LogP contribution in [0, 0.1) is 11.7 Å². The van der Waals surface area contributed by atoms with Gasteiger partial charge in [-0.15, -0.1) is 0 Å². The molecular formula is C34H35FN4O4. The van der Waals surface area contributed by atoms with Crippen LogP contribution in [0.5, 0.6) is 5.75 Å². The van der Waals surface area contributed by atoms with E-state index in [-0.39, 0.29) is 24.7 Å². The Balaban J connectivity index is 1.20. The first-order valence-corrected chi connectivity index (χ1v) is 14.8. The molecule has 1 aliphatic carbocycles. The molecule has 3 N–H and O–H groups in total. The van der Waals surface area contributed by atoms with E-state index in [1.807, 2.05) is 60.7 Å². The lowest BCUT2D eigenvalue weighted by molar-refractivity contribution is -0.133. The van der Waals surface area contributed by atoms with Crippen LogP contribution in [0.3, 0.4) is 0 Å². The fourth-order valence-corrected chi connectivity index (χ4v) is 6.20. The summed E-state index contributed by atoms with van der Waals surface area (Å²) in [5.41, 5.74) is 4.22. The molecular weight excluding hydrogens is 547 g/mol. The Bertz CT molecular complexity index is 1630. The second-order valence-electron chi connectivity index (χ2n) is 11.3. The van der Waals surface area contributed by atoms with E-state index in [9.17, 15) is 14.8 Å². The number of carbonyl (C=O) groups excluding carboxylic acids is 2. The van der Waals surface area contributed by atoms with E-state index >= 15 is 4.39 Å². The molecule has 0 unspecified atom stereocenters. The minimum atomic E-state index is -1.25. The molecule has 1 aliphatic heterocycles. The van der Waals surface area contributed by atoms with E-state index in [0.29, 0.717) is 12.1 Å². The van der Waals surface area contributed by atoms with Crippen LogP contribution in [0.25, 0.3) is 22.2 Å². The molecule has 0 bridgehead atoms. The Morgan fingerprint density at radius 2 is 1.77 bits per heavy atom. The van der Waals surface area contributed by atoms with Gasteiger partial charge in [-0.25, -0.2) is 14.9 Å². The minimum absolute atomic E-state index is 0.0374. The molecule has 0 radical (unpaired) electrons. The van der Waals surface area contributed by atoms with E-state index in [1.54, 1.807) is 11.5 Å². The van der Waals surface area contributed by atoms with E-state index in [0.717, 1.165) is 60.2 Å². The SMILES string of the molecule is O=C(NO)[C@H]1C[C@@]1(C(=O)NCCN1CCCCC1)c1ccc(OCc2cc(-c3ccccc3)nc3ccccc23)c(F)c1. The highest BCUT2D eigenvalue weighted by Gasteiger charge is 2.64. The molecule has 2 heterocycles. The monoisotopic (exact) mass is 582 g/mol. The predicted molar refractivity (Wildman–Crippen MR) is 161 cm³/mol. The number of ether oxygens (including phenoxy) is 1. The molecule has 2 atom stereocenters. The second-order valence-corrected chi connectivity index (χ2v) is 11.3. The zero-order valence-corrected chi connectivity index (χ0v) is 23.9. The van der Waals surface area contributed by atoms with Crippen LogP contribution < -0.4 is 15.5 Å². The standard InChI is InChI=1S/C34H35FN4O4/c35-28-20-25(34(21-27(34)32(40)38-42)33(41)36-15-18-39-16-7-2-8-17-39)13-14-31(28)43-22-24-19-30(23-9-3-1-4-10-23)37-29-12-6-5-11-26(24)29/h1,3-6,9-14,19-20,27,42H,2,7-8,15-18,21-22H2,(H,36,41)(H,38,40)/t27-,34-/m1/s1. The maximum Gasteiger partial charge on any atom is 0.247 e. The highest BCUT2D eigenvalue weighted by molar-refractivity contribution is 6.00. The van der Waals surface area contributed by atoms with Crippen LogP contribution in [-0.4, -0.2) is 53.1 Å². The number of likely N-dealkylation sites (tertiary alicyclic amines) is 1. The molecule has 0 spiro atoms. The van der Waals surface area contributed by atoms with E-state index in [4.69, 9.17) is 9.72 Å². The molecule has 43 heavy (non-hydrogen) atoms. The third-order valence-corrected chi connectivity index (χ3v) is 8.66. The lowest BCUT2D eigenvalue weighted by atomic mass is 9.91. The highest BCUT2D eigenvalue weighted by atomic mass is 19.1. The Morgan fingerprint density at radius 3 is 2.53 bits per heavy atom. The van der Waals surface area contributed by atoms with Gasteiger partial charge in [-0.2, -0.15) is 0 Å². The minimum Gasteiger partial charge on any atom is -0.486 e. The number of fused-ring (bicyclic) bond motifs is 1. The van der Waals surface area contributed by atoms with Crippen LogP contribution in [0.1, 0.15) is 36.8 Å². The van der Waals surface area contributed by atoms with Gasteiger partial charge in [0.25, 0.3) is 0 Å². The fraction of sp³-hybridized carbons (Fsp3) is 0.324. The first-order valence-electron chi connectivity index (χ1n) is 14.8. The van der Waals surface area contributed by atoms with Gasteiger partial charge in [0.15, 0.2) is 11.6 Å². The number of benzene rings is 3. The van der Waals surface area contributed by atoms with Gasteiger partial charge < -0.3 is 15.0 Å². The van der Waals surface area contributed by atoms with Crippen molar-refractivity contribution in [1.29, 1.82) is 0 Å². The van der Waals surface area contributed by atoms with E-state index in [1.165, 1.54) is 18.6 Å². The lowest BCUT2D eigenvalue weighted by Crippen LogP contribution is -2.43. The molecule has 1 saturated carbocycles. The zero-order chi connectivity index (χ0) is 29.8. The molecule has 2 aliphatic rings. The Morgan fingerprint density at radius 1 is 1.00 bits per heavy atom. The van der Waals surface area contributed by atoms with Crippen molar-refractivity contribution in [3.8, 4) is 17.0 Å². The topological polar surface area (TPSA) is 104 Å². The van der Waals surface area contributed by atoms with Crippen molar-refractivity contribution in [2.45, 2.75) is 37.7 Å². The largest absolute Gasteiger partial charge is 0.486 e. The molecule has 2 amide bonds. The van der Waals surface area contributed by atoms with Crippen molar-refractivity contribution >= 4 is 22.7 Å². The van der Waals surface area contributed by atoms with Gasteiger partial charge >= 0.3 is 0 Å². The Labute approximate surface area is 249 Å². The quantitative estimate of drug-likeness (QED) is 0.180. The van der Waals surface area contributed by atoms with Gasteiger partial charge in [0, 0.05) is 29.6 Å². The molecule has 9 heteroatoms. The number of hydroxylamine groups is 1. The number of hydrogen-bond acceptors (Lipinski definition) is 6. The average molecular weight is 583 g/mol. The summed E-state index contributed by atoms with van der Waals surface area (Å²) in [4.78, 5) is 32.9. The first kappa shape index (κ1) is 28.8. The highest BCUT2D eigenvalue weighted by Crippen LogP contribution is 2.55. The summed E-state index contributed by atoms with van der Waals surface area (Å²) in [5.74, 6) is -2.39. The molecule has 1 saturated heterocycles. The van der Waals surface area contributed by atoms with Crippen molar-refractivity contribution in [3.05, 3.63) is 95.8 Å². The van der Waals surface area contributed by atoms with Crippen LogP contribution in [0.15, 0.2) is 78.9 Å². The third kappa shape index (κ3) is 5.96. The van der Waals surface area contributed by atoms with Crippen LogP contribution >= 0.6 is 0 Å². The average Bonchev–Trinajstić information content (AvgIpc) is 3.82. The van der Waals surface area contributed by atoms with Crippen molar-refractivity contribution in [2.24, 2.45) is 5.92 Å². The van der Waals surface area contributed by atoms with Gasteiger partial charge in [0.1, 0.15) is 6.61 Å². The summed E-state index contributed by atoms with van der Waals surface area (Å²) >= 11 is 0. The van der Waals surface area contributed by atoms with Crippen molar-refractivity contribution < 1.29 is 23.9 Å². The van der Waals surface area contributed by atoms with Gasteiger partial charge in [-0.05, 0) is 62.2 Å². The summed E-state index contributed by atoms with van der Waals surface area (Å²) in [6, 6.07) is 23.9. The van der Waals surface area contributed by atoms with Gasteiger partial charge in [0.05, 0.1) is 22.5 Å². The number of para-hydroxylation sites is 1. The summed E-state index contributed by atoms with van der Waals surface area (Å²) in [5, 5.41) is 13.1. The smallest absolute Gasteiger partial charge is 0.247 e. The fourth-order valence-electron chi connectivity index (χ4n) is 6.20. The van der Waals surface area contributed by atoms with Gasteiger partial charge in [-0.1, -0.05) is 61.0 Å². The van der Waals surface area contributed by atoms with Crippen molar-refractivity contribution in [3.63, 3.8) is 0 Å². The van der Waals surface area contributed by atoms with Crippen molar-refractivity contribution in [1.82, 2.24) is 20.7 Å². The molecule has 8 nitrogen and oxygen atoms in total. The van der Waals surface area contributed by atoms with Crippen molar-refractivity contribution in [2.75, 3.05) is 26.2 Å². The number of nitrogens with zero attached hydrogens (tertiary/aromatic N) is 2. The lowest BCUT2D eigenvalue weighted by Gasteiger charge is -2.27. The zero-order valence-electron chi connectivity index (χ0n) is 23.9. The number of aromatic nitrogens is 1. The number of hydrogen-bond donors (Lipinski definition) is 3. The van der Waals surface area contributed by atoms with Gasteiger partial charge in [0.2, 0.25) is 11.8 Å². The maximum absolute atomic E-state index is 15.5. The summed E-state index contributed by atoms with van der Waals surface area (Å²) in [6.07, 6.45) is 3.70. The number of piperidine rings is 1. The molecule has 4 aromatic rings. The second kappa shape index (κ2) is 12.5. The van der Waals surface area contributed by atoms with Gasteiger partial charge in [-0.3, -0.25) is 14.8 Å². The molecule has 1 aromatic heterocycles. The number of nitrogens with one attached hydrogen (secondary N) is 2. The summed E-state index contributed by atoms with van der Waals surface area (Å²) in [7, 11) is 0. The van der Waals surface area contributed by atoms with Crippen LogP contribution in [-0.2, 0) is 21.6 Å². The molecule has 222 valence electrons. The van der Waals surface area contributed by atoms with Crippen LogP contribution in [0.4, 0.5) is 4.39 Å². The Hall–Kier alpha value is -4.34. The number of amides is 2. The third-order valence-electron chi connectivity index (χ3n) is 8.66. The predicted octanol–water partition coefficient (Wildman–Crippen LogP) is 4.99. The first-order chi connectivity index (χ1) is 21.0. The number of halogens is 1. The molecule has 6 rings (SSSR count).